The summed E-state index contributed by atoms with van der Waals surface area (Å²) >= 11 is 0. The fourth-order valence-electron chi connectivity index (χ4n) is 1.69. The van der Waals surface area contributed by atoms with Crippen LogP contribution in [0.4, 0.5) is 11.4 Å². The number of nitro benzene ring substituents is 1. The van der Waals surface area contributed by atoms with Crippen molar-refractivity contribution in [1.82, 2.24) is 0 Å². The summed E-state index contributed by atoms with van der Waals surface area (Å²) in [5.74, 6) is 0.807. The highest BCUT2D eigenvalue weighted by Gasteiger charge is 2.04. The van der Waals surface area contributed by atoms with Crippen LogP contribution in [0.2, 0.25) is 0 Å². The van der Waals surface area contributed by atoms with Gasteiger partial charge in [-0.15, -0.1) is 0 Å². The Hall–Kier alpha value is -2.89. The number of rotatable bonds is 6. The monoisotopic (exact) mass is 285 g/mol. The molecule has 0 amide bonds. The summed E-state index contributed by atoms with van der Waals surface area (Å²) in [6.07, 6.45) is 1.63. The molecule has 0 saturated carbocycles. The molecule has 6 nitrogen and oxygen atoms in total. The lowest BCUT2D eigenvalue weighted by molar-refractivity contribution is -0.384. The molecular formula is C15H15N3O3. The number of hydrazone groups is 1. The second kappa shape index (κ2) is 7.04. The zero-order valence-corrected chi connectivity index (χ0v) is 11.5. The third-order valence-corrected chi connectivity index (χ3v) is 2.66. The molecule has 0 unspecified atom stereocenters. The van der Waals surface area contributed by atoms with Crippen molar-refractivity contribution in [1.29, 1.82) is 0 Å². The summed E-state index contributed by atoms with van der Waals surface area (Å²) in [5.41, 5.74) is 4.25. The number of hydrogen-bond acceptors (Lipinski definition) is 5. The van der Waals surface area contributed by atoms with Crippen molar-refractivity contribution in [3.63, 3.8) is 0 Å². The predicted octanol–water partition coefficient (Wildman–Crippen LogP) is 3.44. The van der Waals surface area contributed by atoms with Gasteiger partial charge in [-0.05, 0) is 42.8 Å². The fourth-order valence-corrected chi connectivity index (χ4v) is 1.69. The van der Waals surface area contributed by atoms with Crippen LogP contribution in [0.1, 0.15) is 12.5 Å². The molecule has 0 radical (unpaired) electrons. The van der Waals surface area contributed by atoms with Crippen molar-refractivity contribution in [3.8, 4) is 5.75 Å². The molecule has 2 aromatic carbocycles. The quantitative estimate of drug-likeness (QED) is 0.501. The molecule has 0 bridgehead atoms. The van der Waals surface area contributed by atoms with Crippen LogP contribution < -0.4 is 10.2 Å². The standard InChI is InChI=1S/C15H15N3O3/c1-2-21-15-8-6-12(7-9-15)11-16-17-13-4-3-5-14(10-13)18(19)20/h3-11,17H,2H2,1H3/b16-11+. The highest BCUT2D eigenvalue weighted by Crippen LogP contribution is 2.17. The Morgan fingerprint density at radius 2 is 2.05 bits per heavy atom. The Morgan fingerprint density at radius 3 is 2.71 bits per heavy atom. The largest absolute Gasteiger partial charge is 0.494 e. The third-order valence-electron chi connectivity index (χ3n) is 2.66. The van der Waals surface area contributed by atoms with Crippen LogP contribution in [-0.4, -0.2) is 17.7 Å². The van der Waals surface area contributed by atoms with Crippen molar-refractivity contribution in [2.24, 2.45) is 5.10 Å². The van der Waals surface area contributed by atoms with Crippen molar-refractivity contribution in [2.75, 3.05) is 12.0 Å². The number of nitro groups is 1. The number of benzene rings is 2. The van der Waals surface area contributed by atoms with Gasteiger partial charge in [0, 0.05) is 12.1 Å². The Morgan fingerprint density at radius 1 is 1.29 bits per heavy atom. The van der Waals surface area contributed by atoms with E-state index >= 15 is 0 Å². The molecule has 108 valence electrons. The molecule has 0 aliphatic heterocycles. The van der Waals surface area contributed by atoms with E-state index in [-0.39, 0.29) is 5.69 Å². The topological polar surface area (TPSA) is 76.8 Å². The molecule has 0 fully saturated rings. The molecule has 2 aromatic rings. The van der Waals surface area contributed by atoms with Crippen LogP contribution in [0.25, 0.3) is 0 Å². The molecule has 0 aliphatic rings. The first-order valence-corrected chi connectivity index (χ1v) is 6.45. The SMILES string of the molecule is CCOc1ccc(/C=N/Nc2cccc([N+](=O)[O-])c2)cc1. The molecule has 0 heterocycles. The molecular weight excluding hydrogens is 270 g/mol. The van der Waals surface area contributed by atoms with Crippen LogP contribution in [-0.2, 0) is 0 Å². The highest BCUT2D eigenvalue weighted by molar-refractivity contribution is 5.80. The van der Waals surface area contributed by atoms with Crippen molar-refractivity contribution in [2.45, 2.75) is 6.92 Å². The Balaban J connectivity index is 1.98. The van der Waals surface area contributed by atoms with Gasteiger partial charge in [-0.25, -0.2) is 0 Å². The number of nitrogens with zero attached hydrogens (tertiary/aromatic N) is 2. The van der Waals surface area contributed by atoms with E-state index in [0.717, 1.165) is 11.3 Å². The van der Waals surface area contributed by atoms with Crippen molar-refractivity contribution >= 4 is 17.6 Å². The van der Waals surface area contributed by atoms with E-state index in [4.69, 9.17) is 4.74 Å². The minimum Gasteiger partial charge on any atom is -0.494 e. The fraction of sp³-hybridized carbons (Fsp3) is 0.133. The van der Waals surface area contributed by atoms with Gasteiger partial charge in [0.05, 0.1) is 23.4 Å². The first kappa shape index (κ1) is 14.5. The van der Waals surface area contributed by atoms with Crippen LogP contribution in [0.5, 0.6) is 5.75 Å². The van der Waals surface area contributed by atoms with E-state index in [2.05, 4.69) is 10.5 Å². The molecule has 2 rings (SSSR count). The summed E-state index contributed by atoms with van der Waals surface area (Å²) in [7, 11) is 0. The molecule has 0 aliphatic carbocycles. The zero-order chi connectivity index (χ0) is 15.1. The van der Waals surface area contributed by atoms with Crippen molar-refractivity contribution < 1.29 is 9.66 Å². The van der Waals surface area contributed by atoms with E-state index < -0.39 is 4.92 Å². The van der Waals surface area contributed by atoms with Crippen LogP contribution in [0, 0.1) is 10.1 Å². The number of nitrogens with one attached hydrogen (secondary N) is 1. The van der Waals surface area contributed by atoms with Crippen molar-refractivity contribution in [3.05, 3.63) is 64.2 Å². The second-order valence-electron chi connectivity index (χ2n) is 4.18. The first-order chi connectivity index (χ1) is 10.2. The summed E-state index contributed by atoms with van der Waals surface area (Å²) in [6, 6.07) is 13.6. The Kier molecular flexibility index (Phi) is 4.87. The minimum atomic E-state index is -0.443. The smallest absolute Gasteiger partial charge is 0.271 e. The van der Waals surface area contributed by atoms with Gasteiger partial charge in [0.2, 0.25) is 0 Å². The van der Waals surface area contributed by atoms with Gasteiger partial charge in [-0.1, -0.05) is 6.07 Å². The Labute approximate surface area is 122 Å². The summed E-state index contributed by atoms with van der Waals surface area (Å²) in [6.45, 7) is 2.56. The molecule has 0 aromatic heterocycles. The van der Waals surface area contributed by atoms with E-state index in [9.17, 15) is 10.1 Å². The maximum atomic E-state index is 10.7. The molecule has 6 heteroatoms. The summed E-state index contributed by atoms with van der Waals surface area (Å²) in [4.78, 5) is 10.2. The lowest BCUT2D eigenvalue weighted by atomic mass is 10.2. The van der Waals surface area contributed by atoms with E-state index in [1.54, 1.807) is 18.3 Å². The third kappa shape index (κ3) is 4.31. The molecule has 0 atom stereocenters. The van der Waals surface area contributed by atoms with Gasteiger partial charge >= 0.3 is 0 Å². The highest BCUT2D eigenvalue weighted by atomic mass is 16.6. The van der Waals surface area contributed by atoms with Gasteiger partial charge in [-0.3, -0.25) is 15.5 Å². The number of ether oxygens (including phenoxy) is 1. The van der Waals surface area contributed by atoms with E-state index in [0.29, 0.717) is 12.3 Å². The maximum Gasteiger partial charge on any atom is 0.271 e. The van der Waals surface area contributed by atoms with Gasteiger partial charge < -0.3 is 4.74 Å². The normalized spacial score (nSPS) is 10.5. The van der Waals surface area contributed by atoms with Crippen LogP contribution in [0.3, 0.4) is 0 Å². The predicted molar refractivity (Wildman–Crippen MR) is 81.9 cm³/mol. The van der Waals surface area contributed by atoms with Gasteiger partial charge in [-0.2, -0.15) is 5.10 Å². The number of anilines is 1. The zero-order valence-electron chi connectivity index (χ0n) is 11.5. The molecule has 21 heavy (non-hydrogen) atoms. The second-order valence-corrected chi connectivity index (χ2v) is 4.18. The molecule has 0 saturated heterocycles. The average Bonchev–Trinajstić information content (AvgIpc) is 2.50. The molecule has 1 N–H and O–H groups in total. The molecule has 0 spiro atoms. The van der Waals surface area contributed by atoms with E-state index in [1.807, 2.05) is 31.2 Å². The van der Waals surface area contributed by atoms with Crippen LogP contribution in [0.15, 0.2) is 53.6 Å². The number of non-ortho nitro benzene ring substituents is 1. The maximum absolute atomic E-state index is 10.7. The van der Waals surface area contributed by atoms with Gasteiger partial charge in [0.25, 0.3) is 5.69 Å². The lowest BCUT2D eigenvalue weighted by Crippen LogP contribution is -1.94. The lowest BCUT2D eigenvalue weighted by Gasteiger charge is -2.02. The Bertz CT molecular complexity index is 639. The summed E-state index contributed by atoms with van der Waals surface area (Å²) in [5, 5.41) is 14.7. The van der Waals surface area contributed by atoms with Gasteiger partial charge in [0.1, 0.15) is 5.75 Å². The number of hydrogen-bond donors (Lipinski definition) is 1. The summed E-state index contributed by atoms with van der Waals surface area (Å²) < 4.78 is 5.35. The minimum absolute atomic E-state index is 0.0243. The van der Waals surface area contributed by atoms with E-state index in [1.165, 1.54) is 12.1 Å². The van der Waals surface area contributed by atoms with Gasteiger partial charge in [0.15, 0.2) is 0 Å². The average molecular weight is 285 g/mol. The first-order valence-electron chi connectivity index (χ1n) is 6.45. The van der Waals surface area contributed by atoms with Crippen LogP contribution >= 0.6 is 0 Å².